The van der Waals surface area contributed by atoms with Crippen molar-refractivity contribution in [1.29, 1.82) is 0 Å². The summed E-state index contributed by atoms with van der Waals surface area (Å²) in [4.78, 5) is 0. The summed E-state index contributed by atoms with van der Waals surface area (Å²) < 4.78 is 21.8. The Balaban J connectivity index is 2.88. The van der Waals surface area contributed by atoms with E-state index < -0.39 is 0 Å². The minimum absolute atomic E-state index is 0.0400. The van der Waals surface area contributed by atoms with E-state index in [0.29, 0.717) is 29.4 Å². The summed E-state index contributed by atoms with van der Waals surface area (Å²) in [6.45, 7) is 0.0400. The van der Waals surface area contributed by atoms with E-state index in [1.165, 1.54) is 0 Å². The van der Waals surface area contributed by atoms with Crippen LogP contribution in [0.15, 0.2) is 18.2 Å². The third-order valence-corrected chi connectivity index (χ3v) is 3.44. The molecule has 0 saturated carbocycles. The molecule has 0 amide bonds. The molecular weight excluding hydrogens is 272 g/mol. The maximum atomic E-state index is 9.22. The Hall–Kier alpha value is -2.14. The van der Waals surface area contributed by atoms with Gasteiger partial charge in [0.1, 0.15) is 11.5 Å². The van der Waals surface area contributed by atoms with E-state index in [2.05, 4.69) is 0 Å². The summed E-state index contributed by atoms with van der Waals surface area (Å²) in [7, 11) is 6.39. The second kappa shape index (κ2) is 6.54. The van der Waals surface area contributed by atoms with Gasteiger partial charge in [0.2, 0.25) is 0 Å². The summed E-state index contributed by atoms with van der Waals surface area (Å²) in [5, 5.41) is 10.9. The van der Waals surface area contributed by atoms with Gasteiger partial charge in [-0.25, -0.2) is 0 Å². The molecule has 0 radical (unpaired) electrons. The van der Waals surface area contributed by atoms with Gasteiger partial charge in [-0.05, 0) is 24.6 Å². The lowest BCUT2D eigenvalue weighted by Gasteiger charge is -2.18. The Bertz CT molecular complexity index is 636. The Morgan fingerprint density at radius 2 is 1.52 bits per heavy atom. The van der Waals surface area contributed by atoms with Crippen LogP contribution in [-0.4, -0.2) is 40.2 Å². The summed E-state index contributed by atoms with van der Waals surface area (Å²) in [6.07, 6.45) is 0.490. The highest BCUT2D eigenvalue weighted by Crippen LogP contribution is 2.45. The molecular formula is C16H20O5. The fraction of sp³-hybridized carbons (Fsp3) is 0.375. The summed E-state index contributed by atoms with van der Waals surface area (Å²) in [6, 6.07) is 5.59. The molecule has 0 bridgehead atoms. The Morgan fingerprint density at radius 1 is 0.857 bits per heavy atom. The number of benzene rings is 2. The minimum Gasteiger partial charge on any atom is -0.496 e. The van der Waals surface area contributed by atoms with Crippen LogP contribution < -0.4 is 18.9 Å². The van der Waals surface area contributed by atoms with Crippen molar-refractivity contribution in [3.8, 4) is 23.0 Å². The molecule has 0 atom stereocenters. The summed E-state index contributed by atoms with van der Waals surface area (Å²) in [5.74, 6) is 2.59. The summed E-state index contributed by atoms with van der Waals surface area (Å²) in [5.41, 5.74) is 0.886. The van der Waals surface area contributed by atoms with E-state index in [1.54, 1.807) is 28.4 Å². The molecule has 0 spiro atoms. The number of rotatable bonds is 6. The molecule has 0 aliphatic rings. The Morgan fingerprint density at radius 3 is 2.05 bits per heavy atom. The number of aliphatic hydroxyl groups is 1. The van der Waals surface area contributed by atoms with Gasteiger partial charge < -0.3 is 24.1 Å². The Labute approximate surface area is 124 Å². The smallest absolute Gasteiger partial charge is 0.172 e. The molecule has 0 heterocycles. The maximum Gasteiger partial charge on any atom is 0.172 e. The van der Waals surface area contributed by atoms with Gasteiger partial charge in [-0.3, -0.25) is 0 Å². The lowest BCUT2D eigenvalue weighted by atomic mass is 10.0. The quantitative estimate of drug-likeness (QED) is 0.886. The lowest BCUT2D eigenvalue weighted by Crippen LogP contribution is -2.00. The third kappa shape index (κ3) is 2.56. The van der Waals surface area contributed by atoms with Gasteiger partial charge >= 0.3 is 0 Å². The average molecular weight is 292 g/mol. The minimum atomic E-state index is 0.0400. The number of methoxy groups -OCH3 is 4. The molecule has 5 heteroatoms. The van der Waals surface area contributed by atoms with Crippen molar-refractivity contribution in [3.63, 3.8) is 0 Å². The van der Waals surface area contributed by atoms with Gasteiger partial charge in [-0.15, -0.1) is 0 Å². The van der Waals surface area contributed by atoms with E-state index >= 15 is 0 Å². The molecule has 0 unspecified atom stereocenters. The van der Waals surface area contributed by atoms with Crippen LogP contribution in [0.4, 0.5) is 0 Å². The van der Waals surface area contributed by atoms with Crippen molar-refractivity contribution in [3.05, 3.63) is 23.8 Å². The lowest BCUT2D eigenvalue weighted by molar-refractivity contribution is 0.296. The zero-order chi connectivity index (χ0) is 15.4. The van der Waals surface area contributed by atoms with Gasteiger partial charge in [-0.1, -0.05) is 0 Å². The zero-order valence-corrected chi connectivity index (χ0v) is 12.7. The van der Waals surface area contributed by atoms with Crippen LogP contribution in [0.5, 0.6) is 23.0 Å². The molecule has 0 fully saturated rings. The first-order valence-corrected chi connectivity index (χ1v) is 6.61. The molecule has 114 valence electrons. The van der Waals surface area contributed by atoms with Crippen LogP contribution in [0.1, 0.15) is 5.56 Å². The highest BCUT2D eigenvalue weighted by atomic mass is 16.5. The third-order valence-electron chi connectivity index (χ3n) is 3.44. The predicted molar refractivity (Wildman–Crippen MR) is 80.9 cm³/mol. The van der Waals surface area contributed by atoms with Gasteiger partial charge in [0.05, 0.1) is 33.8 Å². The van der Waals surface area contributed by atoms with Crippen LogP contribution in [0.2, 0.25) is 0 Å². The van der Waals surface area contributed by atoms with Crippen molar-refractivity contribution >= 4 is 10.8 Å². The van der Waals surface area contributed by atoms with Gasteiger partial charge in [-0.2, -0.15) is 0 Å². The van der Waals surface area contributed by atoms with E-state index in [4.69, 9.17) is 18.9 Å². The van der Waals surface area contributed by atoms with Crippen molar-refractivity contribution in [2.75, 3.05) is 35.0 Å². The second-order valence-corrected chi connectivity index (χ2v) is 4.47. The van der Waals surface area contributed by atoms with Crippen molar-refractivity contribution in [1.82, 2.24) is 0 Å². The van der Waals surface area contributed by atoms with Crippen LogP contribution in [0, 0.1) is 0 Å². The molecule has 0 saturated heterocycles. The summed E-state index contributed by atoms with van der Waals surface area (Å²) >= 11 is 0. The first-order valence-electron chi connectivity index (χ1n) is 6.61. The SMILES string of the molecule is COc1ccc2c(OC)c(CCO)cc(OC)c2c1OC. The molecule has 2 aromatic carbocycles. The van der Waals surface area contributed by atoms with E-state index in [0.717, 1.165) is 16.3 Å². The van der Waals surface area contributed by atoms with Gasteiger partial charge in [0.15, 0.2) is 11.5 Å². The maximum absolute atomic E-state index is 9.22. The fourth-order valence-corrected chi connectivity index (χ4v) is 2.54. The number of aliphatic hydroxyl groups excluding tert-OH is 1. The fourth-order valence-electron chi connectivity index (χ4n) is 2.54. The first-order chi connectivity index (χ1) is 10.2. The van der Waals surface area contributed by atoms with E-state index in [9.17, 15) is 5.11 Å². The normalized spacial score (nSPS) is 10.5. The predicted octanol–water partition coefficient (Wildman–Crippen LogP) is 2.41. The molecule has 2 rings (SSSR count). The highest BCUT2D eigenvalue weighted by Gasteiger charge is 2.19. The number of ether oxygens (including phenoxy) is 4. The van der Waals surface area contributed by atoms with Crippen LogP contribution in [0.25, 0.3) is 10.8 Å². The molecule has 0 aliphatic carbocycles. The topological polar surface area (TPSA) is 57.2 Å². The van der Waals surface area contributed by atoms with Crippen LogP contribution in [0.3, 0.4) is 0 Å². The first kappa shape index (κ1) is 15.3. The molecule has 0 aliphatic heterocycles. The van der Waals surface area contributed by atoms with Crippen molar-refractivity contribution in [2.45, 2.75) is 6.42 Å². The molecule has 5 nitrogen and oxygen atoms in total. The van der Waals surface area contributed by atoms with Crippen LogP contribution >= 0.6 is 0 Å². The number of fused-ring (bicyclic) bond motifs is 1. The molecule has 1 N–H and O–H groups in total. The van der Waals surface area contributed by atoms with Crippen molar-refractivity contribution < 1.29 is 24.1 Å². The molecule has 2 aromatic rings. The van der Waals surface area contributed by atoms with Gasteiger partial charge in [0, 0.05) is 17.6 Å². The average Bonchev–Trinajstić information content (AvgIpc) is 2.52. The highest BCUT2D eigenvalue weighted by molar-refractivity contribution is 6.00. The monoisotopic (exact) mass is 292 g/mol. The Kier molecular flexibility index (Phi) is 4.75. The molecule has 21 heavy (non-hydrogen) atoms. The van der Waals surface area contributed by atoms with Gasteiger partial charge in [0.25, 0.3) is 0 Å². The zero-order valence-electron chi connectivity index (χ0n) is 12.7. The number of hydrogen-bond acceptors (Lipinski definition) is 5. The van der Waals surface area contributed by atoms with Crippen molar-refractivity contribution in [2.24, 2.45) is 0 Å². The largest absolute Gasteiger partial charge is 0.496 e. The standard InChI is InChI=1S/C16H20O5/c1-18-12-6-5-11-14(16(12)21-4)13(19-2)9-10(7-8-17)15(11)20-3/h5-6,9,17H,7-8H2,1-4H3. The van der Waals surface area contributed by atoms with E-state index in [1.807, 2.05) is 18.2 Å². The number of hydrogen-bond donors (Lipinski definition) is 1. The van der Waals surface area contributed by atoms with E-state index in [-0.39, 0.29) is 6.61 Å². The second-order valence-electron chi connectivity index (χ2n) is 4.47. The molecule has 0 aromatic heterocycles. The van der Waals surface area contributed by atoms with Crippen LogP contribution in [-0.2, 0) is 6.42 Å².